The minimum Gasteiger partial charge on any atom is -0.493 e. The SMILES string of the molecule is CCCCCCNC(=O)/C=C(\C)c1cc2c3c(oc2cc1OCC)CCCC3. The van der Waals surface area contributed by atoms with Gasteiger partial charge in [-0.3, -0.25) is 4.79 Å². The van der Waals surface area contributed by atoms with Crippen LogP contribution in [-0.2, 0) is 17.6 Å². The molecule has 4 nitrogen and oxygen atoms in total. The van der Waals surface area contributed by atoms with E-state index in [1.165, 1.54) is 36.6 Å². The molecule has 0 aliphatic heterocycles. The van der Waals surface area contributed by atoms with E-state index in [0.717, 1.165) is 60.5 Å². The van der Waals surface area contributed by atoms with Gasteiger partial charge in [0, 0.05) is 41.6 Å². The minimum atomic E-state index is -0.0363. The number of carbonyl (C=O) groups excluding carboxylic acids is 1. The predicted octanol–water partition coefficient (Wildman–Crippen LogP) is 5.81. The van der Waals surface area contributed by atoms with Gasteiger partial charge >= 0.3 is 0 Å². The summed E-state index contributed by atoms with van der Waals surface area (Å²) < 4.78 is 12.0. The monoisotopic (exact) mass is 383 g/mol. The molecule has 1 heterocycles. The lowest BCUT2D eigenvalue weighted by molar-refractivity contribution is -0.116. The van der Waals surface area contributed by atoms with Crippen LogP contribution in [-0.4, -0.2) is 19.1 Å². The van der Waals surface area contributed by atoms with Gasteiger partial charge in [0.25, 0.3) is 0 Å². The Labute approximate surface area is 168 Å². The molecule has 0 saturated heterocycles. The Hall–Kier alpha value is -2.23. The van der Waals surface area contributed by atoms with E-state index >= 15 is 0 Å². The molecule has 1 aromatic carbocycles. The Bertz CT molecular complexity index is 847. The molecule has 0 saturated carbocycles. The minimum absolute atomic E-state index is 0.0363. The molecule has 4 heteroatoms. The van der Waals surface area contributed by atoms with Crippen molar-refractivity contribution in [2.45, 2.75) is 72.1 Å². The molecular weight excluding hydrogens is 350 g/mol. The predicted molar refractivity (Wildman–Crippen MR) is 115 cm³/mol. The van der Waals surface area contributed by atoms with Crippen molar-refractivity contribution in [3.8, 4) is 5.75 Å². The van der Waals surface area contributed by atoms with Crippen LogP contribution in [0.2, 0.25) is 0 Å². The van der Waals surface area contributed by atoms with Crippen molar-refractivity contribution in [2.75, 3.05) is 13.2 Å². The van der Waals surface area contributed by atoms with E-state index in [0.29, 0.717) is 6.61 Å². The van der Waals surface area contributed by atoms with Gasteiger partial charge in [-0.05, 0) is 51.2 Å². The summed E-state index contributed by atoms with van der Waals surface area (Å²) in [7, 11) is 0. The van der Waals surface area contributed by atoms with Crippen molar-refractivity contribution in [3.63, 3.8) is 0 Å². The van der Waals surface area contributed by atoms with E-state index in [2.05, 4.69) is 18.3 Å². The van der Waals surface area contributed by atoms with E-state index in [4.69, 9.17) is 9.15 Å². The van der Waals surface area contributed by atoms with Crippen LogP contribution in [0.1, 0.15) is 76.2 Å². The van der Waals surface area contributed by atoms with Crippen molar-refractivity contribution in [2.24, 2.45) is 0 Å². The highest BCUT2D eigenvalue weighted by Gasteiger charge is 2.20. The number of carbonyl (C=O) groups is 1. The summed E-state index contributed by atoms with van der Waals surface area (Å²) in [5.41, 5.74) is 4.12. The van der Waals surface area contributed by atoms with E-state index in [1.807, 2.05) is 19.9 Å². The van der Waals surface area contributed by atoms with Crippen molar-refractivity contribution in [3.05, 3.63) is 35.1 Å². The lowest BCUT2D eigenvalue weighted by atomic mass is 9.94. The zero-order valence-corrected chi connectivity index (χ0v) is 17.5. The molecule has 0 atom stereocenters. The van der Waals surface area contributed by atoms with Crippen LogP contribution >= 0.6 is 0 Å². The molecule has 3 rings (SSSR count). The van der Waals surface area contributed by atoms with Gasteiger partial charge in [-0.1, -0.05) is 26.2 Å². The molecule has 1 aliphatic rings. The standard InChI is InChI=1S/C24H33NO3/c1-4-6-7-10-13-25-24(26)14-17(3)19-15-20-18-11-8-9-12-21(18)28-23(20)16-22(19)27-5-2/h14-16H,4-13H2,1-3H3,(H,25,26)/b17-14+. The van der Waals surface area contributed by atoms with Crippen molar-refractivity contribution >= 4 is 22.4 Å². The summed E-state index contributed by atoms with van der Waals surface area (Å²) in [6.45, 7) is 7.45. The van der Waals surface area contributed by atoms with Gasteiger partial charge in [0.2, 0.25) is 5.91 Å². The van der Waals surface area contributed by atoms with Crippen molar-refractivity contribution < 1.29 is 13.9 Å². The number of unbranched alkanes of at least 4 members (excludes halogenated alkanes) is 3. The average Bonchev–Trinajstić information content (AvgIpc) is 3.05. The number of nitrogens with one attached hydrogen (secondary N) is 1. The highest BCUT2D eigenvalue weighted by atomic mass is 16.5. The molecule has 2 aromatic rings. The molecular formula is C24H33NO3. The molecule has 1 amide bonds. The highest BCUT2D eigenvalue weighted by Crippen LogP contribution is 2.38. The summed E-state index contributed by atoms with van der Waals surface area (Å²) in [6.07, 6.45) is 10.8. The summed E-state index contributed by atoms with van der Waals surface area (Å²) in [4.78, 5) is 12.3. The van der Waals surface area contributed by atoms with E-state index in [-0.39, 0.29) is 5.91 Å². The third kappa shape index (κ3) is 4.78. The van der Waals surface area contributed by atoms with Crippen molar-refractivity contribution in [1.29, 1.82) is 0 Å². The largest absolute Gasteiger partial charge is 0.493 e. The Morgan fingerprint density at radius 3 is 2.79 bits per heavy atom. The van der Waals surface area contributed by atoms with E-state index < -0.39 is 0 Å². The third-order valence-corrected chi connectivity index (χ3v) is 5.46. The lowest BCUT2D eigenvalue weighted by Gasteiger charge is -2.12. The number of hydrogen-bond donors (Lipinski definition) is 1. The Morgan fingerprint density at radius 2 is 2.00 bits per heavy atom. The summed E-state index contributed by atoms with van der Waals surface area (Å²) >= 11 is 0. The smallest absolute Gasteiger partial charge is 0.244 e. The number of hydrogen-bond acceptors (Lipinski definition) is 3. The number of aryl methyl sites for hydroxylation is 2. The molecule has 0 unspecified atom stereocenters. The second-order valence-corrected chi connectivity index (χ2v) is 7.67. The van der Waals surface area contributed by atoms with E-state index in [9.17, 15) is 4.79 Å². The van der Waals surface area contributed by atoms with Crippen molar-refractivity contribution in [1.82, 2.24) is 5.32 Å². The molecule has 152 valence electrons. The number of benzene rings is 1. The first-order valence-electron chi connectivity index (χ1n) is 10.8. The first-order chi connectivity index (χ1) is 13.6. The van der Waals surface area contributed by atoms with Gasteiger partial charge in [-0.25, -0.2) is 0 Å². The van der Waals surface area contributed by atoms with Crippen LogP contribution < -0.4 is 10.1 Å². The average molecular weight is 384 g/mol. The number of fused-ring (bicyclic) bond motifs is 3. The molecule has 1 aromatic heterocycles. The number of amides is 1. The maximum atomic E-state index is 12.3. The third-order valence-electron chi connectivity index (χ3n) is 5.46. The first kappa shape index (κ1) is 20.5. The molecule has 0 fully saturated rings. The Balaban J connectivity index is 1.83. The zero-order valence-electron chi connectivity index (χ0n) is 17.5. The molecule has 0 bridgehead atoms. The van der Waals surface area contributed by atoms with Gasteiger partial charge in [0.05, 0.1) is 6.61 Å². The Morgan fingerprint density at radius 1 is 1.18 bits per heavy atom. The van der Waals surface area contributed by atoms with Gasteiger partial charge in [0.1, 0.15) is 17.1 Å². The van der Waals surface area contributed by atoms with Crippen LogP contribution in [0, 0.1) is 0 Å². The fourth-order valence-electron chi connectivity index (χ4n) is 3.96. The fourth-order valence-corrected chi connectivity index (χ4v) is 3.96. The summed E-state index contributed by atoms with van der Waals surface area (Å²) in [6, 6.07) is 4.14. The summed E-state index contributed by atoms with van der Waals surface area (Å²) in [5.74, 6) is 1.86. The number of ether oxygens (including phenoxy) is 1. The Kier molecular flexibility index (Phi) is 7.18. The van der Waals surface area contributed by atoms with Crippen LogP contribution in [0.3, 0.4) is 0 Å². The maximum Gasteiger partial charge on any atom is 0.244 e. The van der Waals surface area contributed by atoms with Gasteiger partial charge < -0.3 is 14.5 Å². The second kappa shape index (κ2) is 9.81. The van der Waals surface area contributed by atoms with Gasteiger partial charge in [-0.2, -0.15) is 0 Å². The quantitative estimate of drug-likeness (QED) is 0.439. The van der Waals surface area contributed by atoms with Crippen LogP contribution in [0.5, 0.6) is 5.75 Å². The van der Waals surface area contributed by atoms with Crippen LogP contribution in [0.25, 0.3) is 16.5 Å². The normalized spacial score (nSPS) is 14.2. The van der Waals surface area contributed by atoms with Crippen LogP contribution in [0.15, 0.2) is 22.6 Å². The molecule has 0 spiro atoms. The number of furan rings is 1. The fraction of sp³-hybridized carbons (Fsp3) is 0.542. The van der Waals surface area contributed by atoms with Gasteiger partial charge in [-0.15, -0.1) is 0 Å². The first-order valence-corrected chi connectivity index (χ1v) is 10.8. The topological polar surface area (TPSA) is 51.5 Å². The zero-order chi connectivity index (χ0) is 19.9. The number of rotatable bonds is 9. The lowest BCUT2D eigenvalue weighted by Crippen LogP contribution is -2.22. The highest BCUT2D eigenvalue weighted by molar-refractivity contribution is 5.97. The maximum absolute atomic E-state index is 12.3. The second-order valence-electron chi connectivity index (χ2n) is 7.67. The van der Waals surface area contributed by atoms with Gasteiger partial charge in [0.15, 0.2) is 0 Å². The molecule has 1 N–H and O–H groups in total. The summed E-state index contributed by atoms with van der Waals surface area (Å²) in [5, 5.41) is 4.17. The van der Waals surface area contributed by atoms with Crippen LogP contribution in [0.4, 0.5) is 0 Å². The number of allylic oxidation sites excluding steroid dienone is 1. The molecule has 0 radical (unpaired) electrons. The van der Waals surface area contributed by atoms with E-state index in [1.54, 1.807) is 6.08 Å². The molecule has 28 heavy (non-hydrogen) atoms. The molecule has 1 aliphatic carbocycles.